The van der Waals surface area contributed by atoms with Gasteiger partial charge in [-0.1, -0.05) is 18.0 Å². The zero-order valence-electron chi connectivity index (χ0n) is 11.0. The molecule has 1 aliphatic carbocycles. The van der Waals surface area contributed by atoms with E-state index in [0.29, 0.717) is 23.5 Å². The SMILES string of the molecule is NCC1CCCC1Nc1cc(-n2cnnn2)ccc1Cl. The van der Waals surface area contributed by atoms with E-state index in [1.54, 1.807) is 11.0 Å². The van der Waals surface area contributed by atoms with Crippen LogP contribution in [-0.2, 0) is 0 Å². The predicted octanol–water partition coefficient (Wildman–Crippen LogP) is 1.85. The number of hydrogen-bond acceptors (Lipinski definition) is 5. The van der Waals surface area contributed by atoms with Crippen LogP contribution in [0.25, 0.3) is 5.69 Å². The molecule has 0 spiro atoms. The standard InChI is InChI=1S/C13H17ClN6/c14-11-5-4-10(20-8-16-18-19-20)6-13(11)17-12-3-1-2-9(12)7-15/h4-6,8-9,12,17H,1-3,7,15H2. The molecule has 0 saturated heterocycles. The average molecular weight is 293 g/mol. The lowest BCUT2D eigenvalue weighted by Gasteiger charge is -2.21. The summed E-state index contributed by atoms with van der Waals surface area (Å²) >= 11 is 6.27. The minimum absolute atomic E-state index is 0.390. The first-order valence-corrected chi connectivity index (χ1v) is 7.15. The highest BCUT2D eigenvalue weighted by atomic mass is 35.5. The van der Waals surface area contributed by atoms with Crippen molar-refractivity contribution in [2.45, 2.75) is 25.3 Å². The Morgan fingerprint density at radius 2 is 2.30 bits per heavy atom. The number of anilines is 1. The zero-order chi connectivity index (χ0) is 13.9. The molecule has 2 aromatic rings. The second-order valence-corrected chi connectivity index (χ2v) is 5.50. The third-order valence-corrected chi connectivity index (χ3v) is 4.20. The fraction of sp³-hybridized carbons (Fsp3) is 0.462. The Hall–Kier alpha value is -1.66. The van der Waals surface area contributed by atoms with Crippen LogP contribution in [0.5, 0.6) is 0 Å². The van der Waals surface area contributed by atoms with Crippen molar-refractivity contribution in [1.82, 2.24) is 20.2 Å². The number of halogens is 1. The van der Waals surface area contributed by atoms with Gasteiger partial charge in [-0.2, -0.15) is 0 Å². The maximum atomic E-state index is 6.27. The first-order valence-electron chi connectivity index (χ1n) is 6.77. The summed E-state index contributed by atoms with van der Waals surface area (Å²) in [5.41, 5.74) is 7.61. The van der Waals surface area contributed by atoms with E-state index in [2.05, 4.69) is 20.8 Å². The molecule has 0 amide bonds. The third-order valence-electron chi connectivity index (χ3n) is 3.87. The number of nitrogens with one attached hydrogen (secondary N) is 1. The summed E-state index contributed by atoms with van der Waals surface area (Å²) in [4.78, 5) is 0. The second kappa shape index (κ2) is 5.76. The second-order valence-electron chi connectivity index (χ2n) is 5.10. The highest BCUT2D eigenvalue weighted by molar-refractivity contribution is 6.33. The molecule has 1 heterocycles. The number of aromatic nitrogens is 4. The third kappa shape index (κ3) is 2.62. The molecule has 6 nitrogen and oxygen atoms in total. The first kappa shape index (κ1) is 13.3. The minimum atomic E-state index is 0.390. The van der Waals surface area contributed by atoms with E-state index in [1.807, 2.05) is 18.2 Å². The lowest BCUT2D eigenvalue weighted by Crippen LogP contribution is -2.29. The lowest BCUT2D eigenvalue weighted by molar-refractivity contribution is 0.516. The van der Waals surface area contributed by atoms with Gasteiger partial charge in [0.25, 0.3) is 0 Å². The lowest BCUT2D eigenvalue weighted by atomic mass is 10.0. The summed E-state index contributed by atoms with van der Waals surface area (Å²) in [6, 6.07) is 6.10. The monoisotopic (exact) mass is 292 g/mol. The zero-order valence-corrected chi connectivity index (χ0v) is 11.8. The smallest absolute Gasteiger partial charge is 0.143 e. The Kier molecular flexibility index (Phi) is 3.84. The van der Waals surface area contributed by atoms with Crippen LogP contribution in [0.1, 0.15) is 19.3 Å². The van der Waals surface area contributed by atoms with Gasteiger partial charge in [0, 0.05) is 6.04 Å². The first-order chi connectivity index (χ1) is 9.78. The molecular formula is C13H17ClN6. The summed E-state index contributed by atoms with van der Waals surface area (Å²) in [6.07, 6.45) is 5.08. The van der Waals surface area contributed by atoms with Crippen LogP contribution >= 0.6 is 11.6 Å². The fourth-order valence-electron chi connectivity index (χ4n) is 2.75. The molecule has 1 saturated carbocycles. The van der Waals surface area contributed by atoms with Crippen LogP contribution in [0.3, 0.4) is 0 Å². The molecule has 1 aromatic carbocycles. The Balaban J connectivity index is 1.83. The highest BCUT2D eigenvalue weighted by Gasteiger charge is 2.26. The Morgan fingerprint density at radius 1 is 1.40 bits per heavy atom. The Morgan fingerprint density at radius 3 is 3.05 bits per heavy atom. The van der Waals surface area contributed by atoms with Crippen LogP contribution < -0.4 is 11.1 Å². The molecule has 20 heavy (non-hydrogen) atoms. The molecule has 1 aliphatic rings. The summed E-state index contributed by atoms with van der Waals surface area (Å²) in [6.45, 7) is 0.710. The quantitative estimate of drug-likeness (QED) is 0.899. The topological polar surface area (TPSA) is 81.6 Å². The molecule has 1 fully saturated rings. The van der Waals surface area contributed by atoms with Crippen molar-refractivity contribution >= 4 is 17.3 Å². The van der Waals surface area contributed by atoms with E-state index in [4.69, 9.17) is 17.3 Å². The van der Waals surface area contributed by atoms with Gasteiger partial charge in [0.2, 0.25) is 0 Å². The van der Waals surface area contributed by atoms with Crippen molar-refractivity contribution in [1.29, 1.82) is 0 Å². The molecule has 2 unspecified atom stereocenters. The van der Waals surface area contributed by atoms with Crippen molar-refractivity contribution in [2.24, 2.45) is 11.7 Å². The molecule has 1 aromatic heterocycles. The van der Waals surface area contributed by atoms with E-state index in [9.17, 15) is 0 Å². The highest BCUT2D eigenvalue weighted by Crippen LogP contribution is 2.31. The van der Waals surface area contributed by atoms with Crippen molar-refractivity contribution in [2.75, 3.05) is 11.9 Å². The van der Waals surface area contributed by atoms with Crippen LogP contribution in [0.2, 0.25) is 5.02 Å². The Bertz CT molecular complexity index is 570. The molecule has 106 valence electrons. The van der Waals surface area contributed by atoms with E-state index in [1.165, 1.54) is 12.8 Å². The number of benzene rings is 1. The van der Waals surface area contributed by atoms with Gasteiger partial charge in [0.15, 0.2) is 0 Å². The number of hydrogen-bond donors (Lipinski definition) is 2. The van der Waals surface area contributed by atoms with E-state index < -0.39 is 0 Å². The Labute approximate surface area is 122 Å². The molecule has 3 rings (SSSR count). The van der Waals surface area contributed by atoms with Gasteiger partial charge in [-0.25, -0.2) is 4.68 Å². The maximum absolute atomic E-state index is 6.27. The van der Waals surface area contributed by atoms with Crippen LogP contribution in [0.4, 0.5) is 5.69 Å². The van der Waals surface area contributed by atoms with Gasteiger partial charge in [0.05, 0.1) is 16.4 Å². The summed E-state index contributed by atoms with van der Waals surface area (Å²) < 4.78 is 1.61. The van der Waals surface area contributed by atoms with Gasteiger partial charge in [-0.05, 0) is 53.9 Å². The van der Waals surface area contributed by atoms with Crippen LogP contribution in [-0.4, -0.2) is 32.8 Å². The summed E-state index contributed by atoms with van der Waals surface area (Å²) in [5, 5.41) is 15.4. The van der Waals surface area contributed by atoms with E-state index >= 15 is 0 Å². The van der Waals surface area contributed by atoms with Gasteiger partial charge in [0.1, 0.15) is 6.33 Å². The van der Waals surface area contributed by atoms with Crippen molar-refractivity contribution in [3.8, 4) is 5.69 Å². The molecule has 0 bridgehead atoms. The summed E-state index contributed by atoms with van der Waals surface area (Å²) in [5.74, 6) is 0.516. The summed E-state index contributed by atoms with van der Waals surface area (Å²) in [7, 11) is 0. The van der Waals surface area contributed by atoms with Crippen molar-refractivity contribution in [3.63, 3.8) is 0 Å². The molecule has 0 aliphatic heterocycles. The molecule has 0 radical (unpaired) electrons. The predicted molar refractivity (Wildman–Crippen MR) is 78.0 cm³/mol. The van der Waals surface area contributed by atoms with E-state index in [0.717, 1.165) is 17.8 Å². The molecule has 3 N–H and O–H groups in total. The molecular weight excluding hydrogens is 276 g/mol. The van der Waals surface area contributed by atoms with Crippen molar-refractivity contribution < 1.29 is 0 Å². The molecule has 7 heteroatoms. The van der Waals surface area contributed by atoms with Crippen LogP contribution in [0.15, 0.2) is 24.5 Å². The maximum Gasteiger partial charge on any atom is 0.143 e. The van der Waals surface area contributed by atoms with Gasteiger partial charge in [-0.15, -0.1) is 5.10 Å². The van der Waals surface area contributed by atoms with Crippen molar-refractivity contribution in [3.05, 3.63) is 29.5 Å². The molecule has 2 atom stereocenters. The number of nitrogens with two attached hydrogens (primary N) is 1. The van der Waals surface area contributed by atoms with Gasteiger partial charge >= 0.3 is 0 Å². The number of tetrazole rings is 1. The number of rotatable bonds is 4. The van der Waals surface area contributed by atoms with Gasteiger partial charge < -0.3 is 11.1 Å². The largest absolute Gasteiger partial charge is 0.381 e. The van der Waals surface area contributed by atoms with Gasteiger partial charge in [-0.3, -0.25) is 0 Å². The normalized spacial score (nSPS) is 22.1. The minimum Gasteiger partial charge on any atom is -0.381 e. The average Bonchev–Trinajstić information content (AvgIpc) is 3.12. The fourth-order valence-corrected chi connectivity index (χ4v) is 2.93. The van der Waals surface area contributed by atoms with E-state index in [-0.39, 0.29) is 0 Å². The van der Waals surface area contributed by atoms with Crippen LogP contribution in [0, 0.1) is 5.92 Å². The number of nitrogens with zero attached hydrogens (tertiary/aromatic N) is 4.